The molecule has 1 fully saturated rings. The summed E-state index contributed by atoms with van der Waals surface area (Å²) in [4.78, 5) is 27.4. The Morgan fingerprint density at radius 3 is 2.61 bits per heavy atom. The second-order valence-corrected chi connectivity index (χ2v) is 7.62. The van der Waals surface area contributed by atoms with Crippen LogP contribution >= 0.6 is 0 Å². The number of nitrogens with one attached hydrogen (secondary N) is 1. The van der Waals surface area contributed by atoms with E-state index in [9.17, 15) is 9.59 Å². The highest BCUT2D eigenvalue weighted by Crippen LogP contribution is 2.23. The van der Waals surface area contributed by atoms with Crippen LogP contribution in [0.25, 0.3) is 0 Å². The Morgan fingerprint density at radius 1 is 1.10 bits per heavy atom. The second kappa shape index (κ2) is 9.04. The second-order valence-electron chi connectivity index (χ2n) is 7.62. The summed E-state index contributed by atoms with van der Waals surface area (Å²) >= 11 is 0. The number of likely N-dealkylation sites (tertiary alicyclic amines) is 1. The standard InChI is InChI=1S/C24H25N3O4/c1-16-21(17(2)31-26-16)15-30-22-11-4-3-10-20(22)23(28)25-19-9-7-8-18(14-19)24(29)27-12-5-6-13-27/h3-4,7-11,14H,5-6,12-13,15H2,1-2H3,(H,25,28). The Labute approximate surface area is 181 Å². The summed E-state index contributed by atoms with van der Waals surface area (Å²) in [5.74, 6) is 0.847. The maximum Gasteiger partial charge on any atom is 0.259 e. The van der Waals surface area contributed by atoms with E-state index in [0.717, 1.165) is 37.2 Å². The molecule has 7 nitrogen and oxygen atoms in total. The highest BCUT2D eigenvalue weighted by Gasteiger charge is 2.20. The van der Waals surface area contributed by atoms with E-state index in [1.807, 2.05) is 24.8 Å². The molecule has 160 valence electrons. The molecule has 3 aromatic rings. The Bertz CT molecular complexity index is 1080. The summed E-state index contributed by atoms with van der Waals surface area (Å²) in [6.45, 7) is 5.50. The van der Waals surface area contributed by atoms with Crippen molar-refractivity contribution in [1.29, 1.82) is 0 Å². The molecule has 0 atom stereocenters. The summed E-state index contributed by atoms with van der Waals surface area (Å²) < 4.78 is 11.1. The van der Waals surface area contributed by atoms with Crippen LogP contribution in [0.5, 0.6) is 5.75 Å². The first kappa shape index (κ1) is 20.7. The Balaban J connectivity index is 1.48. The average Bonchev–Trinajstić information content (AvgIpc) is 3.42. The molecule has 0 saturated carbocycles. The minimum atomic E-state index is -0.305. The lowest BCUT2D eigenvalue weighted by Gasteiger charge is -2.16. The molecule has 2 amide bonds. The SMILES string of the molecule is Cc1noc(C)c1COc1ccccc1C(=O)Nc1cccc(C(=O)N2CCCC2)c1. The fraction of sp³-hybridized carbons (Fsp3) is 0.292. The van der Waals surface area contributed by atoms with Crippen molar-refractivity contribution in [1.82, 2.24) is 10.1 Å². The van der Waals surface area contributed by atoms with Gasteiger partial charge in [0.25, 0.3) is 11.8 Å². The molecule has 0 unspecified atom stereocenters. The van der Waals surface area contributed by atoms with E-state index < -0.39 is 0 Å². The Morgan fingerprint density at radius 2 is 1.87 bits per heavy atom. The molecular weight excluding hydrogens is 394 g/mol. The van der Waals surface area contributed by atoms with Gasteiger partial charge in [0, 0.05) is 24.3 Å². The lowest BCUT2D eigenvalue weighted by Crippen LogP contribution is -2.27. The van der Waals surface area contributed by atoms with Gasteiger partial charge in [0.1, 0.15) is 18.1 Å². The van der Waals surface area contributed by atoms with Gasteiger partial charge in [-0.1, -0.05) is 23.4 Å². The number of aromatic nitrogens is 1. The van der Waals surface area contributed by atoms with Gasteiger partial charge in [-0.05, 0) is 57.0 Å². The Kier molecular flexibility index (Phi) is 6.02. The summed E-state index contributed by atoms with van der Waals surface area (Å²) in [5.41, 5.74) is 3.17. The largest absolute Gasteiger partial charge is 0.488 e. The predicted molar refractivity (Wildman–Crippen MR) is 116 cm³/mol. The van der Waals surface area contributed by atoms with Crippen molar-refractivity contribution in [3.8, 4) is 5.75 Å². The van der Waals surface area contributed by atoms with Crippen molar-refractivity contribution in [3.05, 3.63) is 76.7 Å². The molecule has 1 aliphatic rings. The first-order valence-corrected chi connectivity index (χ1v) is 10.4. The van der Waals surface area contributed by atoms with Gasteiger partial charge in [-0.2, -0.15) is 0 Å². The van der Waals surface area contributed by atoms with E-state index in [1.165, 1.54) is 0 Å². The summed E-state index contributed by atoms with van der Waals surface area (Å²) in [6, 6.07) is 14.1. The van der Waals surface area contributed by atoms with Crippen LogP contribution in [-0.2, 0) is 6.61 Å². The number of hydrogen-bond acceptors (Lipinski definition) is 5. The maximum absolute atomic E-state index is 13.0. The van der Waals surface area contributed by atoms with Crippen molar-refractivity contribution >= 4 is 17.5 Å². The van der Waals surface area contributed by atoms with E-state index in [1.54, 1.807) is 42.5 Å². The molecule has 1 N–H and O–H groups in total. The number of carbonyl (C=O) groups is 2. The minimum absolute atomic E-state index is 0.00297. The van der Waals surface area contributed by atoms with E-state index >= 15 is 0 Å². The number of aryl methyl sites for hydroxylation is 2. The van der Waals surface area contributed by atoms with Gasteiger partial charge >= 0.3 is 0 Å². The van der Waals surface area contributed by atoms with Crippen molar-refractivity contribution in [2.75, 3.05) is 18.4 Å². The quantitative estimate of drug-likeness (QED) is 0.642. The third-order valence-electron chi connectivity index (χ3n) is 5.45. The third kappa shape index (κ3) is 4.60. The number of nitrogens with zero attached hydrogens (tertiary/aromatic N) is 2. The van der Waals surface area contributed by atoms with Gasteiger partial charge in [-0.3, -0.25) is 9.59 Å². The fourth-order valence-corrected chi connectivity index (χ4v) is 3.67. The zero-order chi connectivity index (χ0) is 21.8. The van der Waals surface area contributed by atoms with Crippen LogP contribution < -0.4 is 10.1 Å². The number of para-hydroxylation sites is 1. The van der Waals surface area contributed by atoms with Crippen LogP contribution in [0.2, 0.25) is 0 Å². The number of anilines is 1. The molecule has 0 spiro atoms. The van der Waals surface area contributed by atoms with Crippen LogP contribution in [0.15, 0.2) is 53.1 Å². The van der Waals surface area contributed by atoms with Gasteiger partial charge < -0.3 is 19.5 Å². The molecule has 1 aromatic heterocycles. The molecule has 0 radical (unpaired) electrons. The number of rotatable bonds is 6. The first-order valence-electron chi connectivity index (χ1n) is 10.4. The average molecular weight is 419 g/mol. The van der Waals surface area contributed by atoms with Crippen molar-refractivity contribution in [3.63, 3.8) is 0 Å². The van der Waals surface area contributed by atoms with Gasteiger partial charge in [0.2, 0.25) is 0 Å². The van der Waals surface area contributed by atoms with E-state index in [4.69, 9.17) is 9.26 Å². The smallest absolute Gasteiger partial charge is 0.259 e. The van der Waals surface area contributed by atoms with Crippen LogP contribution in [0.4, 0.5) is 5.69 Å². The van der Waals surface area contributed by atoms with Crippen molar-refractivity contribution < 1.29 is 18.8 Å². The lowest BCUT2D eigenvalue weighted by atomic mass is 10.1. The normalized spacial score (nSPS) is 13.3. The molecule has 0 aliphatic carbocycles. The zero-order valence-electron chi connectivity index (χ0n) is 17.7. The van der Waals surface area contributed by atoms with Gasteiger partial charge in [-0.25, -0.2) is 0 Å². The maximum atomic E-state index is 13.0. The Hall–Kier alpha value is -3.61. The van der Waals surface area contributed by atoms with Crippen LogP contribution in [0, 0.1) is 13.8 Å². The van der Waals surface area contributed by atoms with Gasteiger partial charge in [0.15, 0.2) is 0 Å². The summed E-state index contributed by atoms with van der Waals surface area (Å²) in [7, 11) is 0. The molecule has 1 saturated heterocycles. The minimum Gasteiger partial charge on any atom is -0.488 e. The van der Waals surface area contributed by atoms with Crippen LogP contribution in [0.3, 0.4) is 0 Å². The number of ether oxygens (including phenoxy) is 1. The molecule has 4 rings (SSSR count). The molecule has 2 aromatic carbocycles. The zero-order valence-corrected chi connectivity index (χ0v) is 17.7. The number of amides is 2. The van der Waals surface area contributed by atoms with E-state index in [0.29, 0.717) is 28.3 Å². The predicted octanol–water partition coefficient (Wildman–Crippen LogP) is 4.36. The van der Waals surface area contributed by atoms with E-state index in [2.05, 4.69) is 10.5 Å². The molecule has 0 bridgehead atoms. The van der Waals surface area contributed by atoms with E-state index in [-0.39, 0.29) is 18.4 Å². The van der Waals surface area contributed by atoms with Gasteiger partial charge in [-0.15, -0.1) is 0 Å². The number of carbonyl (C=O) groups excluding carboxylic acids is 2. The number of hydrogen-bond donors (Lipinski definition) is 1. The molecule has 31 heavy (non-hydrogen) atoms. The number of benzene rings is 2. The highest BCUT2D eigenvalue weighted by atomic mass is 16.5. The van der Waals surface area contributed by atoms with Crippen molar-refractivity contribution in [2.24, 2.45) is 0 Å². The topological polar surface area (TPSA) is 84.7 Å². The van der Waals surface area contributed by atoms with Crippen molar-refractivity contribution in [2.45, 2.75) is 33.3 Å². The third-order valence-corrected chi connectivity index (χ3v) is 5.45. The molecule has 1 aliphatic heterocycles. The first-order chi connectivity index (χ1) is 15.0. The van der Waals surface area contributed by atoms with Crippen LogP contribution in [0.1, 0.15) is 50.6 Å². The molecular formula is C24H25N3O4. The molecule has 7 heteroatoms. The monoisotopic (exact) mass is 419 g/mol. The summed E-state index contributed by atoms with van der Waals surface area (Å²) in [5, 5.41) is 6.81. The molecule has 2 heterocycles. The van der Waals surface area contributed by atoms with Crippen LogP contribution in [-0.4, -0.2) is 35.0 Å². The summed E-state index contributed by atoms with van der Waals surface area (Å²) in [6.07, 6.45) is 2.07. The highest BCUT2D eigenvalue weighted by molar-refractivity contribution is 6.06. The lowest BCUT2D eigenvalue weighted by molar-refractivity contribution is 0.0792. The van der Waals surface area contributed by atoms with Gasteiger partial charge in [0.05, 0.1) is 16.8 Å². The fourth-order valence-electron chi connectivity index (χ4n) is 3.67.